The van der Waals surface area contributed by atoms with Gasteiger partial charge in [0, 0.05) is 31.0 Å². The third-order valence-electron chi connectivity index (χ3n) is 4.83. The van der Waals surface area contributed by atoms with Gasteiger partial charge in [0.1, 0.15) is 5.69 Å². The van der Waals surface area contributed by atoms with Gasteiger partial charge in [-0.15, -0.1) is 0 Å². The number of ether oxygens (including phenoxy) is 2. The lowest BCUT2D eigenvalue weighted by atomic mass is 9.86. The molecule has 0 spiro atoms. The van der Waals surface area contributed by atoms with Crippen molar-refractivity contribution in [3.8, 4) is 0 Å². The Morgan fingerprint density at radius 2 is 1.88 bits per heavy atom. The number of carbonyl (C=O) groups is 1. The Morgan fingerprint density at radius 1 is 1.25 bits per heavy atom. The average Bonchev–Trinajstić information content (AvgIpc) is 3.01. The lowest BCUT2D eigenvalue weighted by Gasteiger charge is -2.22. The fraction of sp³-hybridized carbons (Fsp3) is 0.458. The first-order valence-corrected chi connectivity index (χ1v) is 12.0. The van der Waals surface area contributed by atoms with Crippen LogP contribution in [-0.4, -0.2) is 33.3 Å². The minimum absolute atomic E-state index is 0.00727. The van der Waals surface area contributed by atoms with Gasteiger partial charge in [0.2, 0.25) is 6.29 Å². The van der Waals surface area contributed by atoms with E-state index in [1.54, 1.807) is 11.6 Å². The van der Waals surface area contributed by atoms with Crippen molar-refractivity contribution in [3.63, 3.8) is 0 Å². The summed E-state index contributed by atoms with van der Waals surface area (Å²) in [6, 6.07) is 8.01. The third kappa shape index (κ3) is 6.17. The highest BCUT2D eigenvalue weighted by molar-refractivity contribution is 8.13. The molecule has 0 fully saturated rings. The highest BCUT2D eigenvalue weighted by atomic mass is 35.5. The number of carbonyl (C=O) groups excluding carboxylic acids is 1. The summed E-state index contributed by atoms with van der Waals surface area (Å²) >= 11 is 7.68. The van der Waals surface area contributed by atoms with Crippen molar-refractivity contribution in [2.45, 2.75) is 66.7 Å². The summed E-state index contributed by atoms with van der Waals surface area (Å²) in [4.78, 5) is 12.0. The molecule has 0 amide bonds. The predicted octanol–water partition coefficient (Wildman–Crippen LogP) is 6.93. The molecule has 6 nitrogen and oxygen atoms in total. The Bertz CT molecular complexity index is 991. The second kappa shape index (κ2) is 11.1. The van der Waals surface area contributed by atoms with Gasteiger partial charge in [0.25, 0.3) is 0 Å². The highest BCUT2D eigenvalue weighted by Gasteiger charge is 2.25. The second-order valence-corrected chi connectivity index (χ2v) is 9.84. The van der Waals surface area contributed by atoms with Gasteiger partial charge in [-0.2, -0.15) is 5.10 Å². The van der Waals surface area contributed by atoms with E-state index in [-0.39, 0.29) is 5.41 Å². The third-order valence-corrected chi connectivity index (χ3v) is 5.90. The largest absolute Gasteiger partial charge is 0.452 e. The van der Waals surface area contributed by atoms with Gasteiger partial charge in [-0.05, 0) is 42.2 Å². The molecule has 174 valence electrons. The first-order chi connectivity index (χ1) is 15.0. The Kier molecular flexibility index (Phi) is 8.98. The van der Waals surface area contributed by atoms with Crippen molar-refractivity contribution >= 4 is 46.2 Å². The summed E-state index contributed by atoms with van der Waals surface area (Å²) in [6.45, 7) is 14.3. The van der Waals surface area contributed by atoms with E-state index in [1.165, 1.54) is 11.8 Å². The number of allylic oxidation sites excluding steroid dienone is 1. The summed E-state index contributed by atoms with van der Waals surface area (Å²) in [7, 11) is 0. The summed E-state index contributed by atoms with van der Waals surface area (Å²) in [6.07, 6.45) is 0.354. The van der Waals surface area contributed by atoms with Crippen molar-refractivity contribution in [1.82, 2.24) is 9.78 Å². The molecule has 1 N–H and O–H groups in total. The Labute approximate surface area is 199 Å². The van der Waals surface area contributed by atoms with E-state index < -0.39 is 11.6 Å². The van der Waals surface area contributed by atoms with Gasteiger partial charge in [0.05, 0.1) is 10.7 Å². The van der Waals surface area contributed by atoms with Gasteiger partial charge in [-0.3, -0.25) is 4.68 Å². The summed E-state index contributed by atoms with van der Waals surface area (Å²) in [5.74, 6) is 0.950. The standard InChI is InChI=1S/C24H32ClN3O3S/c1-8-28-21(20(25)15(3)27-28)22(30-16(4)31-23(29)32-9-2)19(14-26)17-10-12-18(13-11-17)24(5,6)7/h10-14,16,26H,8-9H2,1-7H3/b22-19-,26-14?. The van der Waals surface area contributed by atoms with Crippen LogP contribution in [0.3, 0.4) is 0 Å². The van der Waals surface area contributed by atoms with Gasteiger partial charge in [-0.1, -0.05) is 63.6 Å². The minimum Gasteiger partial charge on any atom is -0.452 e. The van der Waals surface area contributed by atoms with E-state index in [2.05, 4.69) is 25.9 Å². The number of nitrogens with one attached hydrogen (secondary N) is 1. The fourth-order valence-electron chi connectivity index (χ4n) is 3.16. The van der Waals surface area contributed by atoms with E-state index in [4.69, 9.17) is 26.5 Å². The topological polar surface area (TPSA) is 77.2 Å². The number of rotatable bonds is 8. The number of nitrogens with zero attached hydrogens (tertiary/aromatic N) is 2. The molecule has 0 saturated heterocycles. The monoisotopic (exact) mass is 477 g/mol. The summed E-state index contributed by atoms with van der Waals surface area (Å²) in [5.41, 5.74) is 3.71. The van der Waals surface area contributed by atoms with Crippen LogP contribution in [0.4, 0.5) is 4.79 Å². The molecular weight excluding hydrogens is 446 g/mol. The lowest BCUT2D eigenvalue weighted by molar-refractivity contribution is -0.0254. The molecule has 0 aliphatic heterocycles. The van der Waals surface area contributed by atoms with Crippen molar-refractivity contribution in [2.24, 2.45) is 0 Å². The second-order valence-electron chi connectivity index (χ2n) is 8.26. The van der Waals surface area contributed by atoms with Crippen LogP contribution in [0.25, 0.3) is 11.3 Å². The van der Waals surface area contributed by atoms with Crippen LogP contribution in [0.2, 0.25) is 5.02 Å². The van der Waals surface area contributed by atoms with Crippen molar-refractivity contribution < 1.29 is 14.3 Å². The SMILES string of the molecule is CCSC(=O)OC(C)O/C(=C(/C=N)c1ccc(C(C)(C)C)cc1)c1c(Cl)c(C)nn1CC. The van der Waals surface area contributed by atoms with Crippen LogP contribution < -0.4 is 0 Å². The number of benzene rings is 1. The van der Waals surface area contributed by atoms with E-state index in [1.807, 2.05) is 45.0 Å². The Morgan fingerprint density at radius 3 is 2.38 bits per heavy atom. The minimum atomic E-state index is -0.878. The van der Waals surface area contributed by atoms with Gasteiger partial charge >= 0.3 is 5.30 Å². The molecule has 0 radical (unpaired) electrons. The maximum absolute atomic E-state index is 12.0. The van der Waals surface area contributed by atoms with Crippen LogP contribution >= 0.6 is 23.4 Å². The molecule has 2 rings (SSSR count). The first kappa shape index (κ1) is 26.0. The van der Waals surface area contributed by atoms with E-state index in [0.29, 0.717) is 40.0 Å². The van der Waals surface area contributed by atoms with Crippen LogP contribution in [0, 0.1) is 12.3 Å². The maximum atomic E-state index is 12.0. The zero-order valence-corrected chi connectivity index (χ0v) is 21.4. The molecule has 0 aliphatic rings. The maximum Gasteiger partial charge on any atom is 0.370 e. The van der Waals surface area contributed by atoms with Gasteiger partial charge < -0.3 is 14.9 Å². The molecule has 1 aromatic carbocycles. The molecule has 32 heavy (non-hydrogen) atoms. The highest BCUT2D eigenvalue weighted by Crippen LogP contribution is 2.35. The molecule has 1 unspecified atom stereocenters. The van der Waals surface area contributed by atoms with Gasteiger partial charge in [0.15, 0.2) is 5.76 Å². The van der Waals surface area contributed by atoms with Crippen molar-refractivity contribution in [2.75, 3.05) is 5.75 Å². The molecule has 0 aliphatic carbocycles. The van der Waals surface area contributed by atoms with Gasteiger partial charge in [-0.25, -0.2) is 4.79 Å². The lowest BCUT2D eigenvalue weighted by Crippen LogP contribution is -2.18. The number of halogens is 1. The summed E-state index contributed by atoms with van der Waals surface area (Å²) < 4.78 is 13.2. The van der Waals surface area contributed by atoms with Crippen LogP contribution in [0.1, 0.15) is 64.1 Å². The van der Waals surface area contributed by atoms with Crippen LogP contribution in [0.5, 0.6) is 0 Å². The van der Waals surface area contributed by atoms with E-state index in [9.17, 15) is 4.79 Å². The molecule has 1 atom stereocenters. The number of aryl methyl sites for hydroxylation is 2. The number of thioether (sulfide) groups is 1. The normalized spacial score (nSPS) is 13.4. The van der Waals surface area contributed by atoms with Crippen LogP contribution in [0.15, 0.2) is 24.3 Å². The average molecular weight is 478 g/mol. The quantitative estimate of drug-likeness (QED) is 0.193. The fourth-order valence-corrected chi connectivity index (χ4v) is 3.82. The van der Waals surface area contributed by atoms with E-state index in [0.717, 1.165) is 17.3 Å². The number of aromatic nitrogens is 2. The molecule has 0 bridgehead atoms. The Balaban J connectivity index is 2.63. The molecule has 1 aromatic heterocycles. The zero-order chi connectivity index (χ0) is 24.1. The molecule has 1 heterocycles. The molecule has 2 aromatic rings. The Hall–Kier alpha value is -2.25. The van der Waals surface area contributed by atoms with Crippen molar-refractivity contribution in [3.05, 3.63) is 51.8 Å². The number of hydrogen-bond acceptors (Lipinski definition) is 6. The zero-order valence-electron chi connectivity index (χ0n) is 19.8. The van der Waals surface area contributed by atoms with Crippen molar-refractivity contribution in [1.29, 1.82) is 5.41 Å². The smallest absolute Gasteiger partial charge is 0.370 e. The number of hydrogen-bond donors (Lipinski definition) is 1. The van der Waals surface area contributed by atoms with Crippen LogP contribution in [-0.2, 0) is 21.4 Å². The molecule has 0 saturated carbocycles. The molecular formula is C24H32ClN3O3S. The van der Waals surface area contributed by atoms with E-state index >= 15 is 0 Å². The predicted molar refractivity (Wildman–Crippen MR) is 134 cm³/mol. The first-order valence-electron chi connectivity index (χ1n) is 10.6. The summed E-state index contributed by atoms with van der Waals surface area (Å²) in [5, 5.41) is 12.7. The molecule has 8 heteroatoms.